The Labute approximate surface area is 127 Å². The van der Waals surface area contributed by atoms with Gasteiger partial charge in [0.2, 0.25) is 11.8 Å². The van der Waals surface area contributed by atoms with E-state index in [1.165, 1.54) is 0 Å². The lowest BCUT2D eigenvalue weighted by molar-refractivity contribution is -0.133. The van der Waals surface area contributed by atoms with Crippen molar-refractivity contribution < 1.29 is 19.4 Å². The lowest BCUT2D eigenvalue weighted by Crippen LogP contribution is -2.34. The normalized spacial score (nSPS) is 12.0. The van der Waals surface area contributed by atoms with Crippen LogP contribution in [0.1, 0.15) is 51.9 Å². The van der Waals surface area contributed by atoms with Gasteiger partial charge < -0.3 is 20.5 Å². The number of aliphatic hydroxyl groups excluding tert-OH is 1. The van der Waals surface area contributed by atoms with E-state index in [0.717, 1.165) is 32.2 Å². The van der Waals surface area contributed by atoms with E-state index in [9.17, 15) is 9.59 Å². The Kier molecular flexibility index (Phi) is 13.1. The average Bonchev–Trinajstić information content (AvgIpc) is 2.49. The molecule has 0 heterocycles. The Morgan fingerprint density at radius 2 is 1.95 bits per heavy atom. The minimum Gasteiger partial charge on any atom is -0.396 e. The van der Waals surface area contributed by atoms with E-state index in [2.05, 4.69) is 17.6 Å². The van der Waals surface area contributed by atoms with Crippen LogP contribution >= 0.6 is 0 Å². The summed E-state index contributed by atoms with van der Waals surface area (Å²) in [6.07, 6.45) is 4.60. The third-order valence-corrected chi connectivity index (χ3v) is 3.13. The molecule has 0 spiro atoms. The van der Waals surface area contributed by atoms with Crippen molar-refractivity contribution in [1.82, 2.24) is 10.6 Å². The number of hydrogen-bond donors (Lipinski definition) is 3. The highest BCUT2D eigenvalue weighted by Gasteiger charge is 2.16. The highest BCUT2D eigenvalue weighted by molar-refractivity contribution is 5.80. The molecule has 0 aromatic carbocycles. The van der Waals surface area contributed by atoms with Crippen LogP contribution < -0.4 is 10.6 Å². The lowest BCUT2D eigenvalue weighted by Gasteiger charge is -2.15. The minimum atomic E-state index is -0.513. The fourth-order valence-electron chi connectivity index (χ4n) is 1.83. The van der Waals surface area contributed by atoms with Crippen molar-refractivity contribution in [3.63, 3.8) is 0 Å². The molecule has 2 amide bonds. The molecule has 0 aromatic rings. The summed E-state index contributed by atoms with van der Waals surface area (Å²) in [5, 5.41) is 14.2. The molecule has 0 aliphatic rings. The fraction of sp³-hybridized carbons (Fsp3) is 0.867. The molecule has 0 fully saturated rings. The van der Waals surface area contributed by atoms with Crippen molar-refractivity contribution in [2.75, 3.05) is 26.8 Å². The number of unbranched alkanes of at least 4 members (excludes halogenated alkanes) is 2. The molecule has 6 nitrogen and oxygen atoms in total. The molecule has 0 rings (SSSR count). The van der Waals surface area contributed by atoms with Crippen molar-refractivity contribution in [3.8, 4) is 0 Å². The first kappa shape index (κ1) is 19.9. The molecular formula is C15H30N2O4. The first-order valence-electron chi connectivity index (χ1n) is 7.86. The molecule has 1 unspecified atom stereocenters. The molecule has 0 bridgehead atoms. The quantitative estimate of drug-likeness (QED) is 0.443. The number of nitrogens with one attached hydrogen (secondary N) is 2. The van der Waals surface area contributed by atoms with Gasteiger partial charge in [-0.3, -0.25) is 9.59 Å². The summed E-state index contributed by atoms with van der Waals surface area (Å²) in [6.45, 7) is 3.33. The van der Waals surface area contributed by atoms with Crippen molar-refractivity contribution >= 4 is 11.8 Å². The Bertz CT molecular complexity index is 285. The van der Waals surface area contributed by atoms with Gasteiger partial charge in [0.1, 0.15) is 6.10 Å². The molecule has 0 aromatic heterocycles. The summed E-state index contributed by atoms with van der Waals surface area (Å²) in [5.41, 5.74) is 0. The molecule has 124 valence electrons. The van der Waals surface area contributed by atoms with Crippen molar-refractivity contribution in [1.29, 1.82) is 0 Å². The Morgan fingerprint density at radius 1 is 1.19 bits per heavy atom. The second-order valence-corrected chi connectivity index (χ2v) is 5.00. The van der Waals surface area contributed by atoms with Crippen LogP contribution in [0.3, 0.4) is 0 Å². The van der Waals surface area contributed by atoms with Gasteiger partial charge in [0, 0.05) is 33.2 Å². The van der Waals surface area contributed by atoms with Crippen LogP contribution in [-0.2, 0) is 14.3 Å². The first-order valence-corrected chi connectivity index (χ1v) is 7.86. The van der Waals surface area contributed by atoms with Gasteiger partial charge in [-0.15, -0.1) is 0 Å². The molecule has 0 aliphatic carbocycles. The zero-order chi connectivity index (χ0) is 15.9. The summed E-state index contributed by atoms with van der Waals surface area (Å²) in [4.78, 5) is 23.0. The van der Waals surface area contributed by atoms with Crippen molar-refractivity contribution in [3.05, 3.63) is 0 Å². The van der Waals surface area contributed by atoms with E-state index in [1.807, 2.05) is 0 Å². The van der Waals surface area contributed by atoms with Gasteiger partial charge in [-0.2, -0.15) is 0 Å². The van der Waals surface area contributed by atoms with Crippen LogP contribution in [0.15, 0.2) is 0 Å². The summed E-state index contributed by atoms with van der Waals surface area (Å²) in [5.74, 6) is -0.0904. The van der Waals surface area contributed by atoms with Gasteiger partial charge in [0.05, 0.1) is 0 Å². The van der Waals surface area contributed by atoms with Crippen LogP contribution in [0.2, 0.25) is 0 Å². The van der Waals surface area contributed by atoms with Gasteiger partial charge in [-0.05, 0) is 32.1 Å². The maximum atomic E-state index is 11.6. The Morgan fingerprint density at radius 3 is 2.57 bits per heavy atom. The van der Waals surface area contributed by atoms with Gasteiger partial charge in [0.25, 0.3) is 0 Å². The standard InChI is InChI=1S/C15H30N2O4/c1-3-4-10-17-14(19)9-5-6-12-21-13(8-7-11-18)15(20)16-2/h13,18H,3-12H2,1-2H3,(H,16,20)(H,17,19). The van der Waals surface area contributed by atoms with Gasteiger partial charge in [0.15, 0.2) is 0 Å². The van der Waals surface area contributed by atoms with E-state index in [1.54, 1.807) is 7.05 Å². The minimum absolute atomic E-state index is 0.0504. The Balaban J connectivity index is 3.69. The number of ether oxygens (including phenoxy) is 1. The molecule has 3 N–H and O–H groups in total. The number of hydrogen-bond acceptors (Lipinski definition) is 4. The maximum Gasteiger partial charge on any atom is 0.248 e. The number of carbonyl (C=O) groups excluding carboxylic acids is 2. The van der Waals surface area contributed by atoms with Crippen LogP contribution in [0.25, 0.3) is 0 Å². The molecular weight excluding hydrogens is 272 g/mol. The van der Waals surface area contributed by atoms with Crippen molar-refractivity contribution in [2.24, 2.45) is 0 Å². The monoisotopic (exact) mass is 302 g/mol. The first-order chi connectivity index (χ1) is 10.2. The topological polar surface area (TPSA) is 87.7 Å². The lowest BCUT2D eigenvalue weighted by atomic mass is 10.2. The zero-order valence-electron chi connectivity index (χ0n) is 13.3. The molecule has 1 atom stereocenters. The van der Waals surface area contributed by atoms with E-state index in [4.69, 9.17) is 9.84 Å². The van der Waals surface area contributed by atoms with Gasteiger partial charge in [-0.1, -0.05) is 13.3 Å². The van der Waals surface area contributed by atoms with E-state index < -0.39 is 6.10 Å². The van der Waals surface area contributed by atoms with E-state index in [-0.39, 0.29) is 18.4 Å². The number of rotatable bonds is 13. The largest absolute Gasteiger partial charge is 0.396 e. The van der Waals surface area contributed by atoms with Crippen molar-refractivity contribution in [2.45, 2.75) is 58.0 Å². The summed E-state index contributed by atoms with van der Waals surface area (Å²) < 4.78 is 5.52. The smallest absolute Gasteiger partial charge is 0.248 e. The number of amides is 2. The summed E-state index contributed by atoms with van der Waals surface area (Å²) >= 11 is 0. The second kappa shape index (κ2) is 13.8. The molecule has 0 saturated heterocycles. The molecule has 6 heteroatoms. The molecule has 0 aliphatic heterocycles. The van der Waals surface area contributed by atoms with Crippen LogP contribution in [0.5, 0.6) is 0 Å². The third-order valence-electron chi connectivity index (χ3n) is 3.13. The molecule has 0 radical (unpaired) electrons. The average molecular weight is 302 g/mol. The SMILES string of the molecule is CCCCNC(=O)CCCCOC(CCCO)C(=O)NC. The van der Waals surface area contributed by atoms with Crippen LogP contribution in [0.4, 0.5) is 0 Å². The van der Waals surface area contributed by atoms with Crippen LogP contribution in [-0.4, -0.2) is 49.8 Å². The summed E-state index contributed by atoms with van der Waals surface area (Å²) in [7, 11) is 1.57. The van der Waals surface area contributed by atoms with E-state index >= 15 is 0 Å². The second-order valence-electron chi connectivity index (χ2n) is 5.00. The highest BCUT2D eigenvalue weighted by atomic mass is 16.5. The summed E-state index contributed by atoms with van der Waals surface area (Å²) in [6, 6.07) is 0. The van der Waals surface area contributed by atoms with Gasteiger partial charge in [-0.25, -0.2) is 0 Å². The fourth-order valence-corrected chi connectivity index (χ4v) is 1.83. The zero-order valence-corrected chi connectivity index (χ0v) is 13.3. The molecule has 0 saturated carbocycles. The van der Waals surface area contributed by atoms with Crippen LogP contribution in [0, 0.1) is 0 Å². The number of likely N-dealkylation sites (N-methyl/N-ethyl adjacent to an activating group) is 1. The highest BCUT2D eigenvalue weighted by Crippen LogP contribution is 2.05. The number of carbonyl (C=O) groups is 2. The van der Waals surface area contributed by atoms with E-state index in [0.29, 0.717) is 25.9 Å². The third kappa shape index (κ3) is 11.2. The Hall–Kier alpha value is -1.14. The maximum absolute atomic E-state index is 11.6. The number of aliphatic hydroxyl groups is 1. The predicted octanol–water partition coefficient (Wildman–Crippen LogP) is 0.977. The molecule has 21 heavy (non-hydrogen) atoms. The predicted molar refractivity (Wildman–Crippen MR) is 81.9 cm³/mol. The van der Waals surface area contributed by atoms with Gasteiger partial charge >= 0.3 is 0 Å².